The highest BCUT2D eigenvalue weighted by atomic mass is 127. The number of para-hydroxylation sites is 1. The van der Waals surface area contributed by atoms with E-state index in [2.05, 4.69) is 56.2 Å². The summed E-state index contributed by atoms with van der Waals surface area (Å²) in [5.41, 5.74) is 2.87. The van der Waals surface area contributed by atoms with Crippen molar-refractivity contribution < 1.29 is 4.74 Å². The Hall–Kier alpha value is -1.06. The molecule has 4 rings (SSSR count). The minimum atomic E-state index is 0. The summed E-state index contributed by atoms with van der Waals surface area (Å²) in [6.45, 7) is 10.3. The number of nitrogens with zero attached hydrogens (tertiary/aromatic N) is 4. The number of nitrogens with one attached hydrogen (secondary N) is 1. The largest absolute Gasteiger partial charge is 0.379 e. The van der Waals surface area contributed by atoms with E-state index >= 15 is 0 Å². The summed E-state index contributed by atoms with van der Waals surface area (Å²) in [4.78, 5) is 12.1. The van der Waals surface area contributed by atoms with E-state index in [-0.39, 0.29) is 24.0 Å². The Labute approximate surface area is 186 Å². The van der Waals surface area contributed by atoms with Crippen LogP contribution in [0.2, 0.25) is 0 Å². The molecule has 3 aliphatic heterocycles. The maximum atomic E-state index is 5.49. The lowest BCUT2D eigenvalue weighted by molar-refractivity contribution is 0.0195. The van der Waals surface area contributed by atoms with E-state index in [1.165, 1.54) is 17.7 Å². The van der Waals surface area contributed by atoms with Crippen LogP contribution in [0.1, 0.15) is 18.9 Å². The second-order valence-electron chi connectivity index (χ2n) is 7.89. The molecule has 1 N–H and O–H groups in total. The molecule has 2 fully saturated rings. The molecule has 7 heteroatoms. The van der Waals surface area contributed by atoms with Gasteiger partial charge >= 0.3 is 0 Å². The Bertz CT molecular complexity index is 664. The number of hydrogen-bond acceptors (Lipinski definition) is 4. The van der Waals surface area contributed by atoms with Crippen LogP contribution in [-0.4, -0.2) is 87.4 Å². The molecule has 0 spiro atoms. The molecule has 1 aromatic rings. The number of guanidine groups is 1. The summed E-state index contributed by atoms with van der Waals surface area (Å²) in [6.07, 6.45) is 2.37. The standard InChI is InChI=1S/C21H33N5O.HI/c1-17-15-18-5-3-4-6-20(18)26(17)10-8-23-21(22-2)25-9-7-19(16-25)24-11-13-27-14-12-24;/h3-6,17,19H,7-16H2,1-2H3,(H,22,23);1H. The third-order valence-electron chi connectivity index (χ3n) is 6.22. The quantitative estimate of drug-likeness (QED) is 0.391. The van der Waals surface area contributed by atoms with E-state index in [4.69, 9.17) is 4.74 Å². The maximum Gasteiger partial charge on any atom is 0.193 e. The molecular formula is C21H34IN5O. The molecule has 2 saturated heterocycles. The van der Waals surface area contributed by atoms with Crippen LogP contribution in [0.3, 0.4) is 0 Å². The van der Waals surface area contributed by atoms with Crippen LogP contribution < -0.4 is 10.2 Å². The smallest absolute Gasteiger partial charge is 0.193 e. The molecule has 28 heavy (non-hydrogen) atoms. The van der Waals surface area contributed by atoms with Crippen molar-refractivity contribution in [2.75, 3.05) is 64.4 Å². The number of likely N-dealkylation sites (tertiary alicyclic amines) is 1. The number of rotatable bonds is 4. The van der Waals surface area contributed by atoms with Gasteiger partial charge in [0.05, 0.1) is 13.2 Å². The van der Waals surface area contributed by atoms with Gasteiger partial charge in [0.15, 0.2) is 5.96 Å². The summed E-state index contributed by atoms with van der Waals surface area (Å²) in [5.74, 6) is 1.05. The molecule has 6 nitrogen and oxygen atoms in total. The Kier molecular flexibility index (Phi) is 7.82. The molecule has 0 amide bonds. The molecule has 2 unspecified atom stereocenters. The van der Waals surface area contributed by atoms with Gasteiger partial charge < -0.3 is 19.9 Å². The SMILES string of the molecule is CN=C(NCCN1c2ccccc2CC1C)N1CCC(N2CCOCC2)C1.I. The topological polar surface area (TPSA) is 43.3 Å². The number of benzene rings is 1. The van der Waals surface area contributed by atoms with Crippen LogP contribution in [0.4, 0.5) is 5.69 Å². The molecule has 0 bridgehead atoms. The van der Waals surface area contributed by atoms with Gasteiger partial charge in [0.1, 0.15) is 0 Å². The Morgan fingerprint density at radius 2 is 2.00 bits per heavy atom. The van der Waals surface area contributed by atoms with Crippen molar-refractivity contribution in [3.05, 3.63) is 29.8 Å². The highest BCUT2D eigenvalue weighted by Crippen LogP contribution is 2.31. The fraction of sp³-hybridized carbons (Fsp3) is 0.667. The first-order chi connectivity index (χ1) is 13.3. The number of hydrogen-bond donors (Lipinski definition) is 1. The predicted octanol–water partition coefficient (Wildman–Crippen LogP) is 2.04. The molecule has 0 saturated carbocycles. The zero-order valence-electron chi connectivity index (χ0n) is 17.1. The minimum Gasteiger partial charge on any atom is -0.379 e. The van der Waals surface area contributed by atoms with Crippen molar-refractivity contribution in [2.24, 2.45) is 4.99 Å². The average Bonchev–Trinajstić information content (AvgIpc) is 3.31. The van der Waals surface area contributed by atoms with Gasteiger partial charge in [-0.2, -0.15) is 0 Å². The van der Waals surface area contributed by atoms with Crippen LogP contribution in [0.15, 0.2) is 29.3 Å². The van der Waals surface area contributed by atoms with E-state index in [0.717, 1.165) is 64.9 Å². The molecule has 156 valence electrons. The molecule has 0 aromatic heterocycles. The van der Waals surface area contributed by atoms with Crippen molar-refractivity contribution in [1.82, 2.24) is 15.1 Å². The Morgan fingerprint density at radius 3 is 2.79 bits per heavy atom. The van der Waals surface area contributed by atoms with Gasteiger partial charge in [-0.1, -0.05) is 18.2 Å². The average molecular weight is 499 g/mol. The van der Waals surface area contributed by atoms with Gasteiger partial charge in [0.2, 0.25) is 0 Å². The van der Waals surface area contributed by atoms with Gasteiger partial charge in [-0.25, -0.2) is 0 Å². The normalized spacial score (nSPS) is 25.6. The zero-order chi connectivity index (χ0) is 18.6. The first-order valence-corrected chi connectivity index (χ1v) is 10.4. The number of aliphatic imine (C=N–C) groups is 1. The lowest BCUT2D eigenvalue weighted by atomic mass is 10.1. The van der Waals surface area contributed by atoms with Gasteiger partial charge in [-0.15, -0.1) is 24.0 Å². The third kappa shape index (κ3) is 4.74. The van der Waals surface area contributed by atoms with Crippen LogP contribution in [-0.2, 0) is 11.2 Å². The van der Waals surface area contributed by atoms with Crippen molar-refractivity contribution in [3.63, 3.8) is 0 Å². The maximum absolute atomic E-state index is 5.49. The van der Waals surface area contributed by atoms with Crippen LogP contribution in [0.25, 0.3) is 0 Å². The number of ether oxygens (including phenoxy) is 1. The van der Waals surface area contributed by atoms with E-state index in [0.29, 0.717) is 12.1 Å². The summed E-state index contributed by atoms with van der Waals surface area (Å²) >= 11 is 0. The van der Waals surface area contributed by atoms with E-state index in [1.54, 1.807) is 0 Å². The molecular weight excluding hydrogens is 465 g/mol. The van der Waals surface area contributed by atoms with E-state index < -0.39 is 0 Å². The Morgan fingerprint density at radius 1 is 1.21 bits per heavy atom. The first-order valence-electron chi connectivity index (χ1n) is 10.4. The van der Waals surface area contributed by atoms with Crippen molar-refractivity contribution in [2.45, 2.75) is 31.8 Å². The fourth-order valence-electron chi connectivity index (χ4n) is 4.77. The predicted molar refractivity (Wildman–Crippen MR) is 126 cm³/mol. The van der Waals surface area contributed by atoms with Gasteiger partial charge in [-0.05, 0) is 31.4 Å². The first kappa shape index (κ1) is 21.6. The molecule has 3 aliphatic rings. The summed E-state index contributed by atoms with van der Waals surface area (Å²) in [6, 6.07) is 10.0. The fourth-order valence-corrected chi connectivity index (χ4v) is 4.77. The number of fused-ring (bicyclic) bond motifs is 1. The number of anilines is 1. The third-order valence-corrected chi connectivity index (χ3v) is 6.22. The van der Waals surface area contributed by atoms with Gasteiger partial charge in [0.25, 0.3) is 0 Å². The molecule has 0 radical (unpaired) electrons. The van der Waals surface area contributed by atoms with Crippen LogP contribution >= 0.6 is 24.0 Å². The molecule has 3 heterocycles. The van der Waals surface area contributed by atoms with Crippen LogP contribution in [0, 0.1) is 0 Å². The lowest BCUT2D eigenvalue weighted by Crippen LogP contribution is -2.47. The summed E-state index contributed by atoms with van der Waals surface area (Å²) < 4.78 is 5.49. The highest BCUT2D eigenvalue weighted by molar-refractivity contribution is 14.0. The van der Waals surface area contributed by atoms with Crippen LogP contribution in [0.5, 0.6) is 0 Å². The molecule has 1 aromatic carbocycles. The second-order valence-corrected chi connectivity index (χ2v) is 7.89. The second kappa shape index (κ2) is 10.1. The molecule has 2 atom stereocenters. The summed E-state index contributed by atoms with van der Waals surface area (Å²) in [5, 5.41) is 3.60. The van der Waals surface area contributed by atoms with Gasteiger partial charge in [-0.3, -0.25) is 9.89 Å². The number of halogens is 1. The Balaban J connectivity index is 0.00000225. The van der Waals surface area contributed by atoms with Crippen molar-refractivity contribution >= 4 is 35.6 Å². The van der Waals surface area contributed by atoms with Crippen molar-refractivity contribution in [3.8, 4) is 0 Å². The highest BCUT2D eigenvalue weighted by Gasteiger charge is 2.30. The minimum absolute atomic E-state index is 0. The lowest BCUT2D eigenvalue weighted by Gasteiger charge is -2.32. The monoisotopic (exact) mass is 499 g/mol. The summed E-state index contributed by atoms with van der Waals surface area (Å²) in [7, 11) is 1.90. The van der Waals surface area contributed by atoms with E-state index in [1.807, 2.05) is 7.05 Å². The zero-order valence-corrected chi connectivity index (χ0v) is 19.5. The molecule has 0 aliphatic carbocycles. The van der Waals surface area contributed by atoms with Gasteiger partial charge in [0, 0.05) is 64.1 Å². The number of morpholine rings is 1. The van der Waals surface area contributed by atoms with E-state index in [9.17, 15) is 0 Å². The van der Waals surface area contributed by atoms with Crippen molar-refractivity contribution in [1.29, 1.82) is 0 Å².